The zero-order valence-corrected chi connectivity index (χ0v) is 16.0. The Morgan fingerprint density at radius 3 is 2.46 bits per heavy atom. The van der Waals surface area contributed by atoms with E-state index in [1.54, 1.807) is 0 Å². The number of fused-ring (bicyclic) bond motifs is 2. The quantitative estimate of drug-likeness (QED) is 0.470. The average Bonchev–Trinajstić information content (AvgIpc) is 3.18. The normalized spacial score (nSPS) is 13.0. The van der Waals surface area contributed by atoms with Crippen LogP contribution in [0.1, 0.15) is 51.8 Å². The summed E-state index contributed by atoms with van der Waals surface area (Å²) in [5.41, 5.74) is 4.51. The van der Waals surface area contributed by atoms with E-state index in [0.29, 0.717) is 0 Å². The minimum absolute atomic E-state index is 0.0991. The summed E-state index contributed by atoms with van der Waals surface area (Å²) in [5.74, 6) is 0.770. The van der Waals surface area contributed by atoms with Gasteiger partial charge in [0, 0.05) is 16.2 Å². The fourth-order valence-electron chi connectivity index (χ4n) is 3.37. The fourth-order valence-corrected chi connectivity index (χ4v) is 3.37. The highest BCUT2D eigenvalue weighted by Crippen LogP contribution is 2.33. The van der Waals surface area contributed by atoms with E-state index in [1.807, 2.05) is 24.3 Å². The molecule has 0 unspecified atom stereocenters. The van der Waals surface area contributed by atoms with E-state index in [9.17, 15) is 0 Å². The van der Waals surface area contributed by atoms with Crippen LogP contribution in [0.4, 0.5) is 0 Å². The van der Waals surface area contributed by atoms with Gasteiger partial charge in [0.05, 0.1) is 5.69 Å². The van der Waals surface area contributed by atoms with Crippen molar-refractivity contribution in [1.82, 2.24) is 10.1 Å². The Balaban J connectivity index is 1.69. The number of nitrogens with zero attached hydrogens (tertiary/aromatic N) is 2. The molecule has 0 aliphatic heterocycles. The lowest BCUT2D eigenvalue weighted by molar-refractivity contribution is 0.405. The molecule has 4 heteroatoms. The van der Waals surface area contributed by atoms with E-state index in [1.165, 1.54) is 5.56 Å². The van der Waals surface area contributed by atoms with E-state index in [0.717, 1.165) is 40.1 Å². The van der Waals surface area contributed by atoms with Crippen molar-refractivity contribution < 1.29 is 8.94 Å². The van der Waals surface area contributed by atoms with Crippen molar-refractivity contribution in [1.29, 1.82) is 0 Å². The SMILES string of the molecule is CC(C)(C)c1nc2ccc(CC(C)(C)c3noc4ccccc34)cc2o1. The fraction of sp³-hybridized carbons (Fsp3) is 0.364. The highest BCUT2D eigenvalue weighted by molar-refractivity contribution is 5.80. The van der Waals surface area contributed by atoms with E-state index in [4.69, 9.17) is 8.94 Å². The van der Waals surface area contributed by atoms with Gasteiger partial charge in [-0.15, -0.1) is 0 Å². The van der Waals surface area contributed by atoms with Crippen molar-refractivity contribution in [2.24, 2.45) is 0 Å². The van der Waals surface area contributed by atoms with Crippen LogP contribution in [-0.2, 0) is 17.3 Å². The van der Waals surface area contributed by atoms with Gasteiger partial charge < -0.3 is 8.94 Å². The molecule has 0 atom stereocenters. The first-order valence-electron chi connectivity index (χ1n) is 8.99. The van der Waals surface area contributed by atoms with Gasteiger partial charge in [-0.05, 0) is 36.2 Å². The predicted molar refractivity (Wildman–Crippen MR) is 103 cm³/mol. The maximum atomic E-state index is 6.00. The van der Waals surface area contributed by atoms with Crippen molar-refractivity contribution in [3.8, 4) is 0 Å². The highest BCUT2D eigenvalue weighted by Gasteiger charge is 2.28. The maximum Gasteiger partial charge on any atom is 0.200 e. The second-order valence-corrected chi connectivity index (χ2v) is 8.66. The van der Waals surface area contributed by atoms with Crippen LogP contribution in [0.5, 0.6) is 0 Å². The number of hydrogen-bond donors (Lipinski definition) is 0. The third-order valence-corrected chi connectivity index (χ3v) is 4.76. The Morgan fingerprint density at radius 1 is 0.923 bits per heavy atom. The Kier molecular flexibility index (Phi) is 3.69. The van der Waals surface area contributed by atoms with Gasteiger partial charge in [-0.2, -0.15) is 0 Å². The summed E-state index contributed by atoms with van der Waals surface area (Å²) in [6.07, 6.45) is 0.838. The predicted octanol–water partition coefficient (Wildman–Crippen LogP) is 5.79. The molecule has 0 bridgehead atoms. The average molecular weight is 348 g/mol. The van der Waals surface area contributed by atoms with Crippen molar-refractivity contribution in [3.63, 3.8) is 0 Å². The molecule has 2 aromatic carbocycles. The number of oxazole rings is 1. The largest absolute Gasteiger partial charge is 0.440 e. The van der Waals surface area contributed by atoms with Gasteiger partial charge >= 0.3 is 0 Å². The zero-order chi connectivity index (χ0) is 18.5. The van der Waals surface area contributed by atoms with Crippen LogP contribution < -0.4 is 0 Å². The first-order valence-corrected chi connectivity index (χ1v) is 8.99. The molecule has 0 radical (unpaired) electrons. The second kappa shape index (κ2) is 5.70. The Labute approximate surface area is 153 Å². The number of para-hydroxylation sites is 1. The van der Waals surface area contributed by atoms with Crippen molar-refractivity contribution in [2.45, 2.75) is 51.9 Å². The van der Waals surface area contributed by atoms with Gasteiger partial charge in [-0.1, -0.05) is 58.0 Å². The molecule has 2 heterocycles. The molecule has 0 fully saturated rings. The van der Waals surface area contributed by atoms with E-state index in [2.05, 4.69) is 63.0 Å². The zero-order valence-electron chi connectivity index (χ0n) is 16.0. The smallest absolute Gasteiger partial charge is 0.200 e. The van der Waals surface area contributed by atoms with Crippen molar-refractivity contribution in [3.05, 3.63) is 59.6 Å². The highest BCUT2D eigenvalue weighted by atomic mass is 16.5. The van der Waals surface area contributed by atoms with Gasteiger partial charge in [-0.3, -0.25) is 0 Å². The molecule has 4 aromatic rings. The summed E-state index contributed by atoms with van der Waals surface area (Å²) >= 11 is 0. The number of aromatic nitrogens is 2. The van der Waals surface area contributed by atoms with Crippen LogP contribution in [0.25, 0.3) is 22.1 Å². The van der Waals surface area contributed by atoms with Crippen LogP contribution in [-0.4, -0.2) is 10.1 Å². The third kappa shape index (κ3) is 2.90. The first-order chi connectivity index (χ1) is 12.2. The Hall–Kier alpha value is -2.62. The second-order valence-electron chi connectivity index (χ2n) is 8.66. The van der Waals surface area contributed by atoms with Crippen LogP contribution >= 0.6 is 0 Å². The van der Waals surface area contributed by atoms with E-state index >= 15 is 0 Å². The lowest BCUT2D eigenvalue weighted by atomic mass is 9.81. The Morgan fingerprint density at radius 2 is 1.69 bits per heavy atom. The first kappa shape index (κ1) is 16.8. The summed E-state index contributed by atoms with van der Waals surface area (Å²) in [6, 6.07) is 14.3. The molecule has 0 amide bonds. The topological polar surface area (TPSA) is 52.1 Å². The number of rotatable bonds is 3. The molecule has 0 N–H and O–H groups in total. The lowest BCUT2D eigenvalue weighted by Crippen LogP contribution is -2.21. The van der Waals surface area contributed by atoms with E-state index in [-0.39, 0.29) is 10.8 Å². The molecule has 26 heavy (non-hydrogen) atoms. The summed E-state index contributed by atoms with van der Waals surface area (Å²) in [4.78, 5) is 4.62. The van der Waals surface area contributed by atoms with Gasteiger partial charge in [0.1, 0.15) is 5.52 Å². The van der Waals surface area contributed by atoms with E-state index < -0.39 is 0 Å². The minimum Gasteiger partial charge on any atom is -0.440 e. The molecule has 0 aliphatic rings. The summed E-state index contributed by atoms with van der Waals surface area (Å²) in [6.45, 7) is 10.7. The number of benzene rings is 2. The van der Waals surface area contributed by atoms with Crippen LogP contribution in [0.2, 0.25) is 0 Å². The molecule has 4 rings (SSSR count). The molecular formula is C22H24N2O2. The molecule has 0 saturated carbocycles. The molecule has 134 valence electrons. The molecule has 0 spiro atoms. The van der Waals surface area contributed by atoms with Crippen LogP contribution in [0.3, 0.4) is 0 Å². The lowest BCUT2D eigenvalue weighted by Gasteiger charge is -2.22. The summed E-state index contributed by atoms with van der Waals surface area (Å²) in [5, 5.41) is 5.43. The molecule has 0 saturated heterocycles. The molecule has 4 nitrogen and oxygen atoms in total. The van der Waals surface area contributed by atoms with Crippen molar-refractivity contribution in [2.75, 3.05) is 0 Å². The monoisotopic (exact) mass is 348 g/mol. The molecule has 2 aromatic heterocycles. The standard InChI is InChI=1S/C22H24N2O2/c1-21(2,3)20-23-16-11-10-14(12-18(16)25-20)13-22(4,5)19-15-8-6-7-9-17(15)26-24-19/h6-12H,13H2,1-5H3. The summed E-state index contributed by atoms with van der Waals surface area (Å²) < 4.78 is 11.5. The van der Waals surface area contributed by atoms with Crippen LogP contribution in [0.15, 0.2) is 51.4 Å². The van der Waals surface area contributed by atoms with Gasteiger partial charge in [0.15, 0.2) is 11.2 Å². The van der Waals surface area contributed by atoms with Crippen LogP contribution in [0, 0.1) is 0 Å². The molecule has 0 aliphatic carbocycles. The van der Waals surface area contributed by atoms with Crippen molar-refractivity contribution >= 4 is 22.1 Å². The van der Waals surface area contributed by atoms with Gasteiger partial charge in [0.2, 0.25) is 5.89 Å². The van der Waals surface area contributed by atoms with Gasteiger partial charge in [0.25, 0.3) is 0 Å². The Bertz CT molecular complexity index is 1080. The van der Waals surface area contributed by atoms with Gasteiger partial charge in [-0.25, -0.2) is 4.98 Å². The maximum absolute atomic E-state index is 6.00. The number of hydrogen-bond acceptors (Lipinski definition) is 4. The minimum atomic E-state index is -0.160. The molecular weight excluding hydrogens is 324 g/mol. The summed E-state index contributed by atoms with van der Waals surface area (Å²) in [7, 11) is 0. The third-order valence-electron chi connectivity index (χ3n) is 4.76.